The molecular formula is C17H24BrN3O2. The number of halogens is 1. The molecule has 23 heavy (non-hydrogen) atoms. The number of nitrogens with zero attached hydrogens (tertiary/aromatic N) is 2. The molecule has 1 N–H and O–H groups in total. The van der Waals surface area contributed by atoms with Gasteiger partial charge < -0.3 is 15.1 Å². The average Bonchev–Trinajstić information content (AvgIpc) is 2.47. The number of urea groups is 1. The van der Waals surface area contributed by atoms with Crippen LogP contribution in [0.1, 0.15) is 33.6 Å². The molecule has 5 nitrogen and oxygen atoms in total. The highest BCUT2D eigenvalue weighted by Crippen LogP contribution is 2.21. The maximum Gasteiger partial charge on any atom is 0.322 e. The normalized spacial score (nSPS) is 15.6. The quantitative estimate of drug-likeness (QED) is 0.867. The van der Waals surface area contributed by atoms with E-state index < -0.39 is 0 Å². The Morgan fingerprint density at radius 3 is 2.48 bits per heavy atom. The van der Waals surface area contributed by atoms with Gasteiger partial charge in [-0.15, -0.1) is 0 Å². The Balaban J connectivity index is 2.03. The summed E-state index contributed by atoms with van der Waals surface area (Å²) in [5.41, 5.74) is 0.774. The van der Waals surface area contributed by atoms with Crippen LogP contribution in [-0.2, 0) is 4.79 Å². The van der Waals surface area contributed by atoms with Gasteiger partial charge in [0.05, 0.1) is 0 Å². The van der Waals surface area contributed by atoms with Gasteiger partial charge in [-0.05, 0) is 44.9 Å². The number of carbonyl (C=O) groups is 2. The topological polar surface area (TPSA) is 52.7 Å². The van der Waals surface area contributed by atoms with Gasteiger partial charge in [-0.3, -0.25) is 4.79 Å². The fourth-order valence-corrected chi connectivity index (χ4v) is 3.43. The maximum atomic E-state index is 12.7. The second-order valence-electron chi connectivity index (χ2n) is 6.18. The minimum Gasteiger partial charge on any atom is -0.343 e. The smallest absolute Gasteiger partial charge is 0.322 e. The summed E-state index contributed by atoms with van der Waals surface area (Å²) < 4.78 is 0.932. The molecule has 1 heterocycles. The van der Waals surface area contributed by atoms with Gasteiger partial charge in [-0.1, -0.05) is 22.0 Å². The first-order valence-corrected chi connectivity index (χ1v) is 8.78. The molecule has 1 aliphatic heterocycles. The van der Waals surface area contributed by atoms with Crippen LogP contribution in [0.25, 0.3) is 0 Å². The summed E-state index contributed by atoms with van der Waals surface area (Å²) in [7, 11) is 0. The lowest BCUT2D eigenvalue weighted by Crippen LogP contribution is -2.52. The molecule has 1 aromatic rings. The Bertz CT molecular complexity index is 569. The van der Waals surface area contributed by atoms with Crippen LogP contribution in [0.2, 0.25) is 0 Å². The van der Waals surface area contributed by atoms with Crippen molar-refractivity contribution in [1.82, 2.24) is 9.80 Å². The van der Waals surface area contributed by atoms with E-state index in [1.807, 2.05) is 47.9 Å². The first-order chi connectivity index (χ1) is 10.9. The third-order valence-corrected chi connectivity index (χ3v) is 4.66. The number of nitrogens with one attached hydrogen (secondary N) is 1. The molecule has 6 heteroatoms. The summed E-state index contributed by atoms with van der Waals surface area (Å²) in [6, 6.07) is 7.76. The van der Waals surface area contributed by atoms with E-state index in [4.69, 9.17) is 0 Å². The minimum atomic E-state index is -0.0839. The van der Waals surface area contributed by atoms with Gasteiger partial charge in [-0.25, -0.2) is 4.79 Å². The van der Waals surface area contributed by atoms with Gasteiger partial charge in [0.25, 0.3) is 0 Å². The van der Waals surface area contributed by atoms with Crippen molar-refractivity contribution in [1.29, 1.82) is 0 Å². The van der Waals surface area contributed by atoms with Gasteiger partial charge in [0, 0.05) is 42.3 Å². The lowest BCUT2D eigenvalue weighted by atomic mass is 10.0. The predicted octanol–water partition coefficient (Wildman–Crippen LogP) is 3.70. The summed E-state index contributed by atoms with van der Waals surface area (Å²) in [5, 5.41) is 2.97. The fourth-order valence-electron chi connectivity index (χ4n) is 3.04. The maximum absolute atomic E-state index is 12.7. The van der Waals surface area contributed by atoms with Crippen LogP contribution < -0.4 is 5.32 Å². The summed E-state index contributed by atoms with van der Waals surface area (Å²) >= 11 is 3.41. The minimum absolute atomic E-state index is 0.0839. The molecule has 126 valence electrons. The third kappa shape index (κ3) is 4.70. The summed E-state index contributed by atoms with van der Waals surface area (Å²) in [4.78, 5) is 27.9. The fraction of sp³-hybridized carbons (Fsp3) is 0.529. The molecule has 0 radical (unpaired) electrons. The van der Waals surface area contributed by atoms with Crippen molar-refractivity contribution in [2.24, 2.45) is 0 Å². The Labute approximate surface area is 146 Å². The number of likely N-dealkylation sites (tertiary alicyclic amines) is 1. The number of hydrogen-bond donors (Lipinski definition) is 1. The number of benzene rings is 1. The zero-order valence-electron chi connectivity index (χ0n) is 13.9. The van der Waals surface area contributed by atoms with E-state index in [0.29, 0.717) is 13.1 Å². The monoisotopic (exact) mass is 381 g/mol. The molecule has 0 saturated carbocycles. The molecule has 0 aromatic heterocycles. The van der Waals surface area contributed by atoms with Crippen LogP contribution in [0.3, 0.4) is 0 Å². The van der Waals surface area contributed by atoms with Gasteiger partial charge in [0.1, 0.15) is 0 Å². The molecule has 0 atom stereocenters. The molecule has 1 saturated heterocycles. The van der Waals surface area contributed by atoms with Crippen molar-refractivity contribution in [3.63, 3.8) is 0 Å². The number of carbonyl (C=O) groups excluding carboxylic acids is 2. The van der Waals surface area contributed by atoms with E-state index in [-0.39, 0.29) is 24.0 Å². The Morgan fingerprint density at radius 2 is 1.96 bits per heavy atom. The first-order valence-electron chi connectivity index (χ1n) is 7.99. The number of hydrogen-bond acceptors (Lipinski definition) is 2. The van der Waals surface area contributed by atoms with Crippen LogP contribution in [0, 0.1) is 0 Å². The second-order valence-corrected chi connectivity index (χ2v) is 7.09. The van der Waals surface area contributed by atoms with Crippen molar-refractivity contribution in [3.05, 3.63) is 28.7 Å². The molecular weight excluding hydrogens is 358 g/mol. The van der Waals surface area contributed by atoms with Crippen molar-refractivity contribution in [2.45, 2.75) is 45.7 Å². The highest BCUT2D eigenvalue weighted by Gasteiger charge is 2.30. The zero-order valence-corrected chi connectivity index (χ0v) is 15.5. The van der Waals surface area contributed by atoms with Crippen molar-refractivity contribution >= 4 is 33.6 Å². The zero-order chi connectivity index (χ0) is 17.0. The lowest BCUT2D eigenvalue weighted by molar-refractivity contribution is -0.130. The summed E-state index contributed by atoms with van der Waals surface area (Å²) in [6.45, 7) is 7.08. The van der Waals surface area contributed by atoms with Crippen LogP contribution in [0.4, 0.5) is 10.5 Å². The third-order valence-electron chi connectivity index (χ3n) is 4.17. The standard InChI is InChI=1S/C17H24BrN3O2/c1-12(2)21(16-7-9-20(10-8-16)13(3)22)17(23)19-15-6-4-5-14(18)11-15/h4-6,11-12,16H,7-10H2,1-3H3,(H,19,23). The largest absolute Gasteiger partial charge is 0.343 e. The summed E-state index contributed by atoms with van der Waals surface area (Å²) in [6.07, 6.45) is 1.65. The predicted molar refractivity (Wildman–Crippen MR) is 95.4 cm³/mol. The second kappa shape index (κ2) is 7.81. The lowest BCUT2D eigenvalue weighted by Gasteiger charge is -2.40. The highest BCUT2D eigenvalue weighted by atomic mass is 79.9. The average molecular weight is 382 g/mol. The number of anilines is 1. The van der Waals surface area contributed by atoms with Crippen molar-refractivity contribution in [2.75, 3.05) is 18.4 Å². The van der Waals surface area contributed by atoms with E-state index in [2.05, 4.69) is 21.2 Å². The van der Waals surface area contributed by atoms with E-state index in [1.54, 1.807) is 6.92 Å². The summed E-state index contributed by atoms with van der Waals surface area (Å²) in [5.74, 6) is 0.109. The van der Waals surface area contributed by atoms with Crippen LogP contribution in [0.15, 0.2) is 28.7 Å². The molecule has 0 spiro atoms. The van der Waals surface area contributed by atoms with Crippen LogP contribution >= 0.6 is 15.9 Å². The number of piperidine rings is 1. The van der Waals surface area contributed by atoms with E-state index in [0.717, 1.165) is 23.0 Å². The van der Waals surface area contributed by atoms with Gasteiger partial charge >= 0.3 is 6.03 Å². The van der Waals surface area contributed by atoms with E-state index >= 15 is 0 Å². The Kier molecular flexibility index (Phi) is 6.04. The molecule has 2 rings (SSSR count). The molecule has 1 aliphatic rings. The van der Waals surface area contributed by atoms with Crippen LogP contribution in [-0.4, -0.2) is 46.9 Å². The Hall–Kier alpha value is -1.56. The molecule has 0 aliphatic carbocycles. The van der Waals surface area contributed by atoms with Crippen molar-refractivity contribution in [3.8, 4) is 0 Å². The van der Waals surface area contributed by atoms with E-state index in [9.17, 15) is 9.59 Å². The van der Waals surface area contributed by atoms with E-state index in [1.165, 1.54) is 0 Å². The van der Waals surface area contributed by atoms with Gasteiger partial charge in [0.2, 0.25) is 5.91 Å². The van der Waals surface area contributed by atoms with Gasteiger partial charge in [-0.2, -0.15) is 0 Å². The molecule has 3 amide bonds. The highest BCUT2D eigenvalue weighted by molar-refractivity contribution is 9.10. The first kappa shape index (κ1) is 17.8. The molecule has 0 unspecified atom stereocenters. The van der Waals surface area contributed by atoms with Crippen molar-refractivity contribution < 1.29 is 9.59 Å². The number of rotatable bonds is 3. The number of amides is 3. The van der Waals surface area contributed by atoms with Crippen LogP contribution in [0.5, 0.6) is 0 Å². The molecule has 1 fully saturated rings. The Morgan fingerprint density at radius 1 is 1.30 bits per heavy atom. The van der Waals surface area contributed by atoms with Gasteiger partial charge in [0.15, 0.2) is 0 Å². The molecule has 0 bridgehead atoms. The SMILES string of the molecule is CC(=O)N1CCC(N(C(=O)Nc2cccc(Br)c2)C(C)C)CC1. The molecule has 1 aromatic carbocycles.